The number of carbonyl (C=O) groups excluding carboxylic acids is 1. The third kappa shape index (κ3) is 51.6. The van der Waals surface area contributed by atoms with Crippen molar-refractivity contribution < 1.29 is 9.53 Å². The summed E-state index contributed by atoms with van der Waals surface area (Å²) in [4.78, 5) is 13.6. The van der Waals surface area contributed by atoms with Crippen LogP contribution in [0.4, 0.5) is 0 Å². The number of ketones is 1. The summed E-state index contributed by atoms with van der Waals surface area (Å²) in [6.45, 7) is 36.4. The number of unbranched alkanes of at least 4 members (excludes halogenated alkanes) is 6. The molecule has 0 N–H and O–H groups in total. The fourth-order valence-electron chi connectivity index (χ4n) is 3.48. The van der Waals surface area contributed by atoms with Gasteiger partial charge in [-0.2, -0.15) is 0 Å². The van der Waals surface area contributed by atoms with Crippen molar-refractivity contribution >= 4 is 11.5 Å². The molecular weight excluding hydrogens is 502 g/mol. The molecule has 0 radical (unpaired) electrons. The number of rotatable bonds is 16. The SMILES string of the molecule is C=C(C)CCCC.C=C(OC(C)C)/C(C)=C(/C)C(C)=NC.CC(C)=O.CCCC(C)CCC.CCCCCCCC. The Bertz CT molecular complexity index is 639. The summed E-state index contributed by atoms with van der Waals surface area (Å²) in [7, 11) is 1.79. The molecule has 41 heavy (non-hydrogen) atoms. The molecule has 0 atom stereocenters. The molecular formula is C38H77NO2. The summed E-state index contributed by atoms with van der Waals surface area (Å²) in [6, 6.07) is 0. The Labute approximate surface area is 260 Å². The minimum absolute atomic E-state index is 0.167. The van der Waals surface area contributed by atoms with Crippen LogP contribution in [-0.2, 0) is 9.53 Å². The number of nitrogens with zero attached hydrogens (tertiary/aromatic N) is 1. The summed E-state index contributed by atoms with van der Waals surface area (Å²) in [5.41, 5.74) is 4.54. The molecule has 0 aromatic heterocycles. The van der Waals surface area contributed by atoms with Gasteiger partial charge in [-0.15, -0.1) is 6.58 Å². The molecule has 0 amide bonds. The fraction of sp³-hybridized carbons (Fsp3) is 0.789. The van der Waals surface area contributed by atoms with Crippen molar-refractivity contribution in [2.45, 2.75) is 187 Å². The average molecular weight is 580 g/mol. The highest BCUT2D eigenvalue weighted by atomic mass is 16.5. The topological polar surface area (TPSA) is 38.7 Å². The molecule has 0 aliphatic carbocycles. The maximum absolute atomic E-state index is 9.44. The number of aliphatic imine (C=N–C) groups is 1. The molecule has 0 bridgehead atoms. The number of carbonyl (C=O) groups is 1. The van der Waals surface area contributed by atoms with Crippen LogP contribution >= 0.6 is 0 Å². The van der Waals surface area contributed by atoms with Crippen molar-refractivity contribution in [1.29, 1.82) is 0 Å². The minimum atomic E-state index is 0.167. The molecule has 0 spiro atoms. The zero-order valence-corrected chi connectivity index (χ0v) is 31.0. The van der Waals surface area contributed by atoms with Crippen LogP contribution in [-0.4, -0.2) is 24.6 Å². The van der Waals surface area contributed by atoms with Crippen LogP contribution in [0.15, 0.2) is 40.6 Å². The van der Waals surface area contributed by atoms with Gasteiger partial charge in [0.1, 0.15) is 11.5 Å². The molecule has 0 aliphatic heterocycles. The summed E-state index contributed by atoms with van der Waals surface area (Å²) < 4.78 is 5.52. The van der Waals surface area contributed by atoms with Crippen LogP contribution in [0, 0.1) is 5.92 Å². The van der Waals surface area contributed by atoms with Crippen LogP contribution in [0.2, 0.25) is 0 Å². The van der Waals surface area contributed by atoms with Crippen molar-refractivity contribution in [3.63, 3.8) is 0 Å². The van der Waals surface area contributed by atoms with E-state index in [1.54, 1.807) is 7.05 Å². The predicted molar refractivity (Wildman–Crippen MR) is 191 cm³/mol. The van der Waals surface area contributed by atoms with Gasteiger partial charge in [0.25, 0.3) is 0 Å². The van der Waals surface area contributed by atoms with E-state index in [2.05, 4.69) is 66.6 Å². The van der Waals surface area contributed by atoms with Gasteiger partial charge in [0.2, 0.25) is 0 Å². The lowest BCUT2D eigenvalue weighted by molar-refractivity contribution is -0.115. The molecule has 0 fully saturated rings. The molecule has 0 aromatic rings. The monoisotopic (exact) mass is 580 g/mol. The van der Waals surface area contributed by atoms with Gasteiger partial charge in [0, 0.05) is 12.8 Å². The van der Waals surface area contributed by atoms with Crippen LogP contribution in [0.5, 0.6) is 0 Å². The molecule has 0 heterocycles. The van der Waals surface area contributed by atoms with Crippen molar-refractivity contribution in [1.82, 2.24) is 0 Å². The Hall–Kier alpha value is -1.64. The van der Waals surface area contributed by atoms with E-state index < -0.39 is 0 Å². The largest absolute Gasteiger partial charge is 0.491 e. The van der Waals surface area contributed by atoms with Gasteiger partial charge in [-0.1, -0.05) is 124 Å². The van der Waals surface area contributed by atoms with E-state index in [-0.39, 0.29) is 11.9 Å². The Kier molecular flexibility index (Phi) is 45.9. The normalized spacial score (nSPS) is 10.9. The van der Waals surface area contributed by atoms with E-state index in [0.717, 1.165) is 28.5 Å². The lowest BCUT2D eigenvalue weighted by Gasteiger charge is -2.15. The lowest BCUT2D eigenvalue weighted by atomic mass is 10.0. The predicted octanol–water partition coefficient (Wildman–Crippen LogP) is 13.3. The molecule has 3 heteroatoms. The molecule has 0 saturated carbocycles. The van der Waals surface area contributed by atoms with E-state index in [1.165, 1.54) is 103 Å². The Morgan fingerprint density at radius 1 is 0.659 bits per heavy atom. The Balaban J connectivity index is -0.000000140. The van der Waals surface area contributed by atoms with Gasteiger partial charge in [-0.3, -0.25) is 4.99 Å². The molecule has 0 unspecified atom stereocenters. The van der Waals surface area contributed by atoms with Gasteiger partial charge in [-0.05, 0) is 85.3 Å². The number of allylic oxidation sites excluding steroid dienone is 3. The van der Waals surface area contributed by atoms with E-state index in [1.807, 2.05) is 34.6 Å². The van der Waals surface area contributed by atoms with Crippen molar-refractivity contribution in [2.24, 2.45) is 10.9 Å². The molecule has 0 aliphatic rings. The van der Waals surface area contributed by atoms with Gasteiger partial charge >= 0.3 is 0 Å². The summed E-state index contributed by atoms with van der Waals surface area (Å²) >= 11 is 0. The third-order valence-corrected chi connectivity index (χ3v) is 6.21. The van der Waals surface area contributed by atoms with Gasteiger partial charge in [0.15, 0.2) is 0 Å². The van der Waals surface area contributed by atoms with Crippen molar-refractivity contribution in [3.05, 3.63) is 35.6 Å². The van der Waals surface area contributed by atoms with E-state index in [0.29, 0.717) is 0 Å². The standard InChI is InChI=1S/C12H21NO.2C8H18.C7H14.C3H6O/c1-8(2)14-12(6)10(4)9(3)11(5)13-7;1-4-6-8(3)7-5-2;1-3-5-7-8-6-4-2;1-4-5-6-7(2)3;1-3(2)4/h8H,6H2,1-5,7H3;8H,4-7H2,1-3H3;3-8H2,1-2H3;2,4-6H2,1,3H3;1-2H3/b10-9-,13-11?;;;;. The van der Waals surface area contributed by atoms with Gasteiger partial charge in [0.05, 0.1) is 6.10 Å². The summed E-state index contributed by atoms with van der Waals surface area (Å²) in [6.07, 6.45) is 18.0. The Morgan fingerprint density at radius 3 is 1.29 bits per heavy atom. The fourth-order valence-corrected chi connectivity index (χ4v) is 3.48. The number of Topliss-reactive ketones (excluding diaryl/α,β-unsaturated/α-hetero) is 1. The number of ether oxygens (including phenoxy) is 1. The van der Waals surface area contributed by atoms with E-state index in [9.17, 15) is 4.79 Å². The van der Waals surface area contributed by atoms with E-state index in [4.69, 9.17) is 4.74 Å². The maximum atomic E-state index is 9.44. The second-order valence-electron chi connectivity index (χ2n) is 11.7. The second-order valence-corrected chi connectivity index (χ2v) is 11.7. The zero-order valence-electron chi connectivity index (χ0n) is 31.0. The summed E-state index contributed by atoms with van der Waals surface area (Å²) in [5, 5.41) is 0. The minimum Gasteiger partial charge on any atom is -0.491 e. The first kappa shape index (κ1) is 49.1. The van der Waals surface area contributed by atoms with E-state index >= 15 is 0 Å². The maximum Gasteiger partial charge on any atom is 0.126 e. The lowest BCUT2D eigenvalue weighted by Crippen LogP contribution is -2.05. The molecule has 0 rings (SSSR count). The van der Waals surface area contributed by atoms with Crippen molar-refractivity contribution in [3.8, 4) is 0 Å². The molecule has 0 aromatic carbocycles. The average Bonchev–Trinajstić information content (AvgIpc) is 2.89. The van der Waals surface area contributed by atoms with Crippen LogP contribution in [0.1, 0.15) is 180 Å². The highest BCUT2D eigenvalue weighted by molar-refractivity contribution is 5.98. The van der Waals surface area contributed by atoms with Crippen molar-refractivity contribution in [2.75, 3.05) is 7.05 Å². The quantitative estimate of drug-likeness (QED) is 0.0599. The molecule has 3 nitrogen and oxygen atoms in total. The first-order chi connectivity index (χ1) is 19.1. The van der Waals surface area contributed by atoms with Gasteiger partial charge < -0.3 is 9.53 Å². The van der Waals surface area contributed by atoms with Crippen LogP contribution < -0.4 is 0 Å². The third-order valence-electron chi connectivity index (χ3n) is 6.21. The van der Waals surface area contributed by atoms with Crippen LogP contribution in [0.25, 0.3) is 0 Å². The Morgan fingerprint density at radius 2 is 1.05 bits per heavy atom. The summed E-state index contributed by atoms with van der Waals surface area (Å²) in [5.74, 6) is 1.87. The molecule has 246 valence electrons. The number of hydrogen-bond acceptors (Lipinski definition) is 3. The first-order valence-corrected chi connectivity index (χ1v) is 16.7. The second kappa shape index (κ2) is 38.4. The number of hydrogen-bond donors (Lipinski definition) is 0. The van der Waals surface area contributed by atoms with Gasteiger partial charge in [-0.25, -0.2) is 0 Å². The zero-order chi connectivity index (χ0) is 33.2. The van der Waals surface area contributed by atoms with Crippen LogP contribution in [0.3, 0.4) is 0 Å². The highest BCUT2D eigenvalue weighted by Crippen LogP contribution is 2.16. The smallest absolute Gasteiger partial charge is 0.126 e. The molecule has 0 saturated heterocycles. The highest BCUT2D eigenvalue weighted by Gasteiger charge is 2.06. The first-order valence-electron chi connectivity index (χ1n) is 16.7.